The molecule has 2 heterocycles. The Hall–Kier alpha value is -4.20. The summed E-state index contributed by atoms with van der Waals surface area (Å²) >= 11 is 0. The van der Waals surface area contributed by atoms with Crippen molar-refractivity contribution in [3.8, 4) is 11.9 Å². The molecule has 0 saturated heterocycles. The fourth-order valence-electron chi connectivity index (χ4n) is 5.14. The minimum atomic E-state index is -0.519. The summed E-state index contributed by atoms with van der Waals surface area (Å²) in [6, 6.07) is 23.7. The number of ether oxygens (including phenoxy) is 2. The van der Waals surface area contributed by atoms with Gasteiger partial charge in [-0.05, 0) is 11.1 Å². The fourth-order valence-corrected chi connectivity index (χ4v) is 5.14. The molecule has 0 aliphatic heterocycles. The monoisotopic (exact) mass is 456 g/mol. The Morgan fingerprint density at radius 2 is 1.32 bits per heavy atom. The Morgan fingerprint density at radius 3 is 1.85 bits per heavy atom. The van der Waals surface area contributed by atoms with Gasteiger partial charge in [-0.3, -0.25) is 9.78 Å². The number of H-pyrrole nitrogens is 2. The molecule has 1 fully saturated rings. The highest BCUT2D eigenvalue weighted by Gasteiger charge is 2.54. The predicted octanol–water partition coefficient (Wildman–Crippen LogP) is 3.32. The lowest BCUT2D eigenvalue weighted by Gasteiger charge is -2.52. The Labute approximate surface area is 195 Å². The largest absolute Gasteiger partial charge is 0.481 e. The number of rotatable bonds is 6. The topological polar surface area (TPSA) is 110 Å². The van der Waals surface area contributed by atoms with Gasteiger partial charge < -0.3 is 14.5 Å². The Morgan fingerprint density at radius 1 is 0.706 bits per heavy atom. The van der Waals surface area contributed by atoms with Gasteiger partial charge in [-0.15, -0.1) is 0 Å². The van der Waals surface area contributed by atoms with Crippen molar-refractivity contribution in [1.29, 1.82) is 0 Å². The van der Waals surface area contributed by atoms with Crippen molar-refractivity contribution in [2.24, 2.45) is 0 Å². The molecule has 0 bridgehead atoms. The molecular formula is C26H24N4O4. The van der Waals surface area contributed by atoms with Gasteiger partial charge in [-0.1, -0.05) is 60.7 Å². The molecule has 2 atom stereocenters. The van der Waals surface area contributed by atoms with E-state index in [1.807, 2.05) is 42.5 Å². The van der Waals surface area contributed by atoms with Gasteiger partial charge in [-0.2, -0.15) is 9.97 Å². The summed E-state index contributed by atoms with van der Waals surface area (Å²) in [6.45, 7) is 0. The van der Waals surface area contributed by atoms with Gasteiger partial charge in [-0.25, -0.2) is 4.79 Å². The normalized spacial score (nSPS) is 21.5. The van der Waals surface area contributed by atoms with Crippen molar-refractivity contribution < 1.29 is 9.47 Å². The average Bonchev–Trinajstić information content (AvgIpc) is 2.84. The molecule has 4 aromatic rings. The zero-order chi connectivity index (χ0) is 23.7. The van der Waals surface area contributed by atoms with Gasteiger partial charge in [0.1, 0.15) is 0 Å². The Balaban J connectivity index is 1.74. The van der Waals surface area contributed by atoms with Crippen LogP contribution in [0.3, 0.4) is 0 Å². The first-order chi connectivity index (χ1) is 16.6. The highest BCUT2D eigenvalue weighted by atomic mass is 16.5. The summed E-state index contributed by atoms with van der Waals surface area (Å²) in [5.74, 6) is 0.0509. The van der Waals surface area contributed by atoms with Crippen molar-refractivity contribution in [1.82, 2.24) is 19.9 Å². The van der Waals surface area contributed by atoms with Crippen LogP contribution in [-0.4, -0.2) is 34.2 Å². The van der Waals surface area contributed by atoms with Crippen LogP contribution in [0, 0.1) is 0 Å². The second-order valence-electron chi connectivity index (χ2n) is 8.29. The zero-order valence-electron chi connectivity index (χ0n) is 18.8. The van der Waals surface area contributed by atoms with Crippen LogP contribution in [0.25, 0.3) is 0 Å². The van der Waals surface area contributed by atoms with Crippen LogP contribution in [0.15, 0.2) is 82.4 Å². The van der Waals surface area contributed by atoms with E-state index in [0.29, 0.717) is 11.6 Å². The van der Waals surface area contributed by atoms with Gasteiger partial charge in [0, 0.05) is 41.5 Å². The summed E-state index contributed by atoms with van der Waals surface area (Å²) in [4.78, 5) is 38.5. The van der Waals surface area contributed by atoms with E-state index in [2.05, 4.69) is 44.2 Å². The van der Waals surface area contributed by atoms with Crippen molar-refractivity contribution in [3.05, 3.63) is 116 Å². The van der Waals surface area contributed by atoms with Crippen molar-refractivity contribution in [3.63, 3.8) is 0 Å². The summed E-state index contributed by atoms with van der Waals surface area (Å²) < 4.78 is 10.8. The second kappa shape index (κ2) is 8.97. The number of aromatic amines is 2. The maximum Gasteiger partial charge on any atom is 0.325 e. The molecule has 1 aliphatic rings. The lowest BCUT2D eigenvalue weighted by Crippen LogP contribution is -2.42. The van der Waals surface area contributed by atoms with Gasteiger partial charge in [0.25, 0.3) is 5.56 Å². The van der Waals surface area contributed by atoms with Crippen LogP contribution in [0.1, 0.15) is 46.2 Å². The first-order valence-corrected chi connectivity index (χ1v) is 11.0. The van der Waals surface area contributed by atoms with E-state index < -0.39 is 11.2 Å². The molecule has 34 heavy (non-hydrogen) atoms. The summed E-state index contributed by atoms with van der Waals surface area (Å²) in [7, 11) is 3.08. The molecule has 8 heteroatoms. The second-order valence-corrected chi connectivity index (χ2v) is 8.29. The molecule has 8 nitrogen and oxygen atoms in total. The molecule has 2 aromatic carbocycles. The number of benzene rings is 2. The molecular weight excluding hydrogens is 432 g/mol. The minimum Gasteiger partial charge on any atom is -0.481 e. The van der Waals surface area contributed by atoms with Crippen LogP contribution in [-0.2, 0) is 0 Å². The van der Waals surface area contributed by atoms with Crippen molar-refractivity contribution in [2.75, 3.05) is 14.2 Å². The van der Waals surface area contributed by atoms with Crippen molar-refractivity contribution >= 4 is 0 Å². The van der Waals surface area contributed by atoms with E-state index in [1.54, 1.807) is 7.11 Å². The van der Waals surface area contributed by atoms with E-state index in [9.17, 15) is 9.59 Å². The number of hydrogen-bond acceptors (Lipinski definition) is 6. The molecule has 0 spiro atoms. The van der Waals surface area contributed by atoms with Crippen LogP contribution in [0.2, 0.25) is 0 Å². The van der Waals surface area contributed by atoms with Crippen LogP contribution in [0.5, 0.6) is 11.9 Å². The molecule has 0 unspecified atom stereocenters. The number of aromatic nitrogens is 4. The number of hydrogen-bond donors (Lipinski definition) is 2. The molecule has 0 radical (unpaired) electrons. The van der Waals surface area contributed by atoms with E-state index >= 15 is 0 Å². The van der Waals surface area contributed by atoms with Gasteiger partial charge in [0.15, 0.2) is 0 Å². The third-order valence-electron chi connectivity index (χ3n) is 6.49. The predicted molar refractivity (Wildman–Crippen MR) is 127 cm³/mol. The summed E-state index contributed by atoms with van der Waals surface area (Å²) in [6.07, 6.45) is 0. The van der Waals surface area contributed by atoms with E-state index in [-0.39, 0.29) is 29.7 Å². The van der Waals surface area contributed by atoms with Crippen LogP contribution >= 0.6 is 0 Å². The van der Waals surface area contributed by atoms with Gasteiger partial charge >= 0.3 is 11.7 Å². The Bertz CT molecular complexity index is 1300. The molecule has 172 valence electrons. The number of nitrogens with one attached hydrogen (secondary N) is 2. The zero-order valence-corrected chi connectivity index (χ0v) is 18.8. The first kappa shape index (κ1) is 21.6. The Kier molecular flexibility index (Phi) is 5.71. The molecule has 2 aromatic heterocycles. The quantitative estimate of drug-likeness (QED) is 0.461. The third-order valence-corrected chi connectivity index (χ3v) is 6.49. The van der Waals surface area contributed by atoms with E-state index in [4.69, 9.17) is 9.47 Å². The highest BCUT2D eigenvalue weighted by molar-refractivity contribution is 5.46. The molecule has 2 N–H and O–H groups in total. The standard InChI is InChI=1S/C26H24N4O4/c1-33-20-14-18(28-26(30-20)34-2)24-21(15-9-5-3-6-10-15)23(17-13-19(31)29-25(32)27-17)22(24)16-11-7-4-8-12-16/h3-14,21-24H,1-2H3,(H2,27,29,31,32)/t21-,22-,23-,24+/m0/s1. The van der Waals surface area contributed by atoms with Crippen molar-refractivity contribution in [2.45, 2.75) is 23.7 Å². The van der Waals surface area contributed by atoms with Crippen LogP contribution < -0.4 is 20.7 Å². The molecule has 5 rings (SSSR count). The maximum absolute atomic E-state index is 12.2. The number of methoxy groups -OCH3 is 2. The third kappa shape index (κ3) is 3.87. The van der Waals surface area contributed by atoms with Crippen LogP contribution in [0.4, 0.5) is 0 Å². The number of nitrogens with zero attached hydrogens (tertiary/aromatic N) is 2. The SMILES string of the molecule is COc1cc([C@H]2[C@@H](c3ccccc3)[C@@H](c3cc(=O)[nH]c(=O)[nH]3)[C@@H]2c2ccccc2)nc(OC)n1. The molecule has 1 saturated carbocycles. The maximum atomic E-state index is 12.2. The van der Waals surface area contributed by atoms with Gasteiger partial charge in [0.05, 0.1) is 19.9 Å². The lowest BCUT2D eigenvalue weighted by atomic mass is 9.50. The highest BCUT2D eigenvalue weighted by Crippen LogP contribution is 2.65. The van der Waals surface area contributed by atoms with Gasteiger partial charge in [0.2, 0.25) is 5.88 Å². The summed E-state index contributed by atoms with van der Waals surface area (Å²) in [5, 5.41) is 0. The first-order valence-electron chi connectivity index (χ1n) is 11.0. The average molecular weight is 457 g/mol. The van der Waals surface area contributed by atoms with E-state index in [1.165, 1.54) is 13.2 Å². The lowest BCUT2D eigenvalue weighted by molar-refractivity contribution is 0.216. The molecule has 0 amide bonds. The fraction of sp³-hybridized carbons (Fsp3) is 0.231. The minimum absolute atomic E-state index is 0.0619. The van der Waals surface area contributed by atoms with E-state index in [0.717, 1.165) is 16.8 Å². The smallest absolute Gasteiger partial charge is 0.325 e. The molecule has 1 aliphatic carbocycles. The summed E-state index contributed by atoms with van der Waals surface area (Å²) in [5.41, 5.74) is 2.60.